The van der Waals surface area contributed by atoms with E-state index in [0.717, 1.165) is 0 Å². The molecule has 3 fully saturated rings. The van der Waals surface area contributed by atoms with Gasteiger partial charge >= 0.3 is 19.3 Å². The summed E-state index contributed by atoms with van der Waals surface area (Å²) in [5.74, 6) is -1.04. The molecule has 3 aliphatic rings. The Balaban J connectivity index is 1.66. The van der Waals surface area contributed by atoms with Crippen molar-refractivity contribution in [1.82, 2.24) is 0 Å². The van der Waals surface area contributed by atoms with Crippen molar-refractivity contribution < 1.29 is 28.7 Å². The highest BCUT2D eigenvalue weighted by atomic mass is 16.8. The Morgan fingerprint density at radius 2 is 1.95 bits per heavy atom. The number of carbonyl (C=O) groups excluding carboxylic acids is 1. The van der Waals surface area contributed by atoms with Crippen molar-refractivity contribution in [1.29, 1.82) is 0 Å². The summed E-state index contributed by atoms with van der Waals surface area (Å²) in [5.41, 5.74) is -1.77. The summed E-state index contributed by atoms with van der Waals surface area (Å²) in [6.07, 6.45) is 2.26. The first kappa shape index (κ1) is 12.1. The predicted molar refractivity (Wildman–Crippen MR) is 63.3 cm³/mol. The minimum Gasteiger partial charge on any atom is -0.493 e. The molecule has 0 aromatic carbocycles. The van der Waals surface area contributed by atoms with E-state index in [9.17, 15) is 9.59 Å². The number of carboxylic acid groups (broad SMARTS) is 1. The van der Waals surface area contributed by atoms with Gasteiger partial charge in [-0.05, 0) is 25.7 Å². The van der Waals surface area contributed by atoms with Gasteiger partial charge in [-0.1, -0.05) is 13.2 Å². The lowest BCUT2D eigenvalue weighted by Crippen LogP contribution is -2.42. The van der Waals surface area contributed by atoms with Crippen LogP contribution in [0.5, 0.6) is 0 Å². The van der Waals surface area contributed by atoms with Crippen LogP contribution in [0.1, 0.15) is 25.7 Å². The Labute approximate surface area is 110 Å². The first-order valence-electron chi connectivity index (χ1n) is 6.07. The second-order valence-electron chi connectivity index (χ2n) is 5.25. The summed E-state index contributed by atoms with van der Waals surface area (Å²) < 4.78 is 15.5. The van der Waals surface area contributed by atoms with Crippen LogP contribution in [-0.4, -0.2) is 24.4 Å². The average molecular weight is 264 g/mol. The van der Waals surface area contributed by atoms with E-state index in [1.807, 2.05) is 0 Å². The molecule has 100 valence electrons. The third-order valence-corrected chi connectivity index (χ3v) is 4.05. The van der Waals surface area contributed by atoms with Gasteiger partial charge in [0.15, 0.2) is 0 Å². The van der Waals surface area contributed by atoms with Crippen LogP contribution in [0.25, 0.3) is 0 Å². The highest BCUT2D eigenvalue weighted by molar-refractivity contribution is 6.41. The molecular weight excluding hydrogens is 251 g/mol. The lowest BCUT2D eigenvalue weighted by atomic mass is 9.99. The quantitative estimate of drug-likeness (QED) is 0.607. The molecule has 0 bridgehead atoms. The fraction of sp³-hybridized carbons (Fsp3) is 0.500. The normalized spacial score (nSPS) is 25.4. The van der Waals surface area contributed by atoms with Crippen LogP contribution in [0, 0.1) is 10.8 Å². The van der Waals surface area contributed by atoms with Crippen molar-refractivity contribution in [3.63, 3.8) is 0 Å². The summed E-state index contributed by atoms with van der Waals surface area (Å²) >= 11 is 0. The molecular formula is C12H13BO6. The van der Waals surface area contributed by atoms with E-state index in [1.165, 1.54) is 0 Å². The van der Waals surface area contributed by atoms with Crippen LogP contribution in [0.15, 0.2) is 24.7 Å². The van der Waals surface area contributed by atoms with Gasteiger partial charge in [0.1, 0.15) is 10.8 Å². The number of hydrogen-bond acceptors (Lipinski definition) is 5. The smallest absolute Gasteiger partial charge is 0.493 e. The van der Waals surface area contributed by atoms with E-state index >= 15 is 0 Å². The monoisotopic (exact) mass is 264 g/mol. The van der Waals surface area contributed by atoms with Crippen LogP contribution in [0.4, 0.5) is 0 Å². The van der Waals surface area contributed by atoms with Gasteiger partial charge in [0.05, 0.1) is 11.5 Å². The molecule has 6 nitrogen and oxygen atoms in total. The van der Waals surface area contributed by atoms with Crippen molar-refractivity contribution in [2.75, 3.05) is 0 Å². The Morgan fingerprint density at radius 1 is 1.32 bits per heavy atom. The van der Waals surface area contributed by atoms with E-state index in [2.05, 4.69) is 13.2 Å². The van der Waals surface area contributed by atoms with Crippen molar-refractivity contribution >= 4 is 19.3 Å². The number of rotatable bonds is 4. The zero-order valence-corrected chi connectivity index (χ0v) is 10.3. The van der Waals surface area contributed by atoms with Crippen LogP contribution in [-0.2, 0) is 23.6 Å². The summed E-state index contributed by atoms with van der Waals surface area (Å²) in [7, 11) is -1.28. The first-order chi connectivity index (χ1) is 8.91. The average Bonchev–Trinajstić information content (AvgIpc) is 3.21. The fourth-order valence-electron chi connectivity index (χ4n) is 2.19. The molecule has 1 heterocycles. The van der Waals surface area contributed by atoms with Gasteiger partial charge in [0.2, 0.25) is 0 Å². The molecule has 1 saturated heterocycles. The maximum absolute atomic E-state index is 11.8. The van der Waals surface area contributed by atoms with E-state index < -0.39 is 30.1 Å². The largest absolute Gasteiger partial charge is 0.865 e. The van der Waals surface area contributed by atoms with E-state index in [4.69, 9.17) is 19.1 Å². The summed E-state index contributed by atoms with van der Waals surface area (Å²) in [4.78, 5) is 22.9. The molecule has 0 amide bonds. The van der Waals surface area contributed by atoms with Crippen LogP contribution in [0.3, 0.4) is 0 Å². The topological polar surface area (TPSA) is 82.1 Å². The van der Waals surface area contributed by atoms with Gasteiger partial charge in [0, 0.05) is 0 Å². The Hall–Kier alpha value is -1.92. The Bertz CT molecular complexity index is 482. The minimum atomic E-state index is -1.28. The second-order valence-corrected chi connectivity index (χ2v) is 5.25. The van der Waals surface area contributed by atoms with Gasteiger partial charge in [-0.15, -0.1) is 0 Å². The van der Waals surface area contributed by atoms with Gasteiger partial charge in [-0.3, -0.25) is 9.59 Å². The maximum Gasteiger partial charge on any atom is 0.865 e. The van der Waals surface area contributed by atoms with Gasteiger partial charge in [-0.2, -0.15) is 0 Å². The summed E-state index contributed by atoms with van der Waals surface area (Å²) in [6.45, 7) is 7.30. The van der Waals surface area contributed by atoms with Crippen molar-refractivity contribution in [3.05, 3.63) is 24.7 Å². The lowest BCUT2D eigenvalue weighted by Gasteiger charge is -2.28. The van der Waals surface area contributed by atoms with Crippen LogP contribution >= 0.6 is 0 Å². The maximum atomic E-state index is 11.8. The number of aliphatic carboxylic acids is 1. The molecule has 3 rings (SSSR count). The van der Waals surface area contributed by atoms with Crippen LogP contribution in [0.2, 0.25) is 0 Å². The van der Waals surface area contributed by atoms with E-state index in [0.29, 0.717) is 31.4 Å². The van der Waals surface area contributed by atoms with Gasteiger partial charge in [0.25, 0.3) is 0 Å². The van der Waals surface area contributed by atoms with Gasteiger partial charge < -0.3 is 19.1 Å². The molecule has 2 aliphatic carbocycles. The third kappa shape index (κ3) is 1.64. The Morgan fingerprint density at radius 3 is 2.37 bits per heavy atom. The first-order valence-corrected chi connectivity index (χ1v) is 6.07. The molecule has 1 spiro atoms. The van der Waals surface area contributed by atoms with Crippen molar-refractivity contribution in [2.24, 2.45) is 10.8 Å². The number of carbonyl (C=O) groups is 2. The predicted octanol–water partition coefficient (Wildman–Crippen LogP) is 1.23. The number of hydrogen-bond donors (Lipinski definition) is 1. The van der Waals surface area contributed by atoms with E-state index in [-0.39, 0.29) is 5.76 Å². The van der Waals surface area contributed by atoms with Crippen molar-refractivity contribution in [3.8, 4) is 0 Å². The molecule has 1 N–H and O–H groups in total. The molecule has 0 aromatic rings. The standard InChI is InChI=1S/C12H13BO6/c1-7(11(3-4-11)9(14)15)17-13-18-8(2)12(5-6-12)10(16)19-13/h1-6H2,(H,14,15). The molecule has 0 aromatic heterocycles. The Kier molecular flexibility index (Phi) is 2.27. The molecule has 0 radical (unpaired) electrons. The molecule has 0 unspecified atom stereocenters. The van der Waals surface area contributed by atoms with Crippen molar-refractivity contribution in [2.45, 2.75) is 25.7 Å². The highest BCUT2D eigenvalue weighted by Gasteiger charge is 2.63. The fourth-order valence-corrected chi connectivity index (χ4v) is 2.19. The molecule has 7 heteroatoms. The zero-order valence-electron chi connectivity index (χ0n) is 10.3. The SMILES string of the molecule is C=C(OB1OC(=C)C2(CC2)C(=O)O1)C1(C(=O)O)CC1. The van der Waals surface area contributed by atoms with E-state index in [1.54, 1.807) is 0 Å². The summed E-state index contributed by atoms with van der Waals surface area (Å²) in [5, 5.41) is 9.09. The lowest BCUT2D eigenvalue weighted by molar-refractivity contribution is -0.147. The zero-order chi connectivity index (χ0) is 13.8. The molecule has 1 aliphatic heterocycles. The second kappa shape index (κ2) is 3.56. The molecule has 2 saturated carbocycles. The number of carboxylic acids is 1. The molecule has 19 heavy (non-hydrogen) atoms. The highest BCUT2D eigenvalue weighted by Crippen LogP contribution is 2.56. The third-order valence-electron chi connectivity index (χ3n) is 4.05. The van der Waals surface area contributed by atoms with Crippen LogP contribution < -0.4 is 0 Å². The van der Waals surface area contributed by atoms with Gasteiger partial charge in [-0.25, -0.2) is 0 Å². The molecule has 0 atom stereocenters. The minimum absolute atomic E-state index is 0.0531. The summed E-state index contributed by atoms with van der Waals surface area (Å²) in [6, 6.07) is 0.